The lowest BCUT2D eigenvalue weighted by Crippen LogP contribution is -2.28. The van der Waals surface area contributed by atoms with Gasteiger partial charge >= 0.3 is 0 Å². The van der Waals surface area contributed by atoms with Crippen LogP contribution in [0.1, 0.15) is 32.3 Å². The summed E-state index contributed by atoms with van der Waals surface area (Å²) in [7, 11) is 2.06. The van der Waals surface area contributed by atoms with Crippen LogP contribution in [-0.4, -0.2) is 18.0 Å². The van der Waals surface area contributed by atoms with Crippen LogP contribution in [0.2, 0.25) is 0 Å². The van der Waals surface area contributed by atoms with Crippen molar-refractivity contribution in [2.45, 2.75) is 39.3 Å². The number of nitrogens with zero attached hydrogens (tertiary/aromatic N) is 1. The average molecular weight is 224 g/mol. The van der Waals surface area contributed by atoms with Crippen molar-refractivity contribution in [3.8, 4) is 0 Å². The molecule has 1 atom stereocenters. The fourth-order valence-electron chi connectivity index (χ4n) is 1.85. The van der Waals surface area contributed by atoms with Gasteiger partial charge in [-0.05, 0) is 44.2 Å². The van der Waals surface area contributed by atoms with Crippen LogP contribution in [0, 0.1) is 5.82 Å². The summed E-state index contributed by atoms with van der Waals surface area (Å²) in [5.74, 6) is -0.258. The molecule has 0 spiro atoms. The van der Waals surface area contributed by atoms with Gasteiger partial charge in [0, 0.05) is 18.3 Å². The van der Waals surface area contributed by atoms with E-state index in [1.165, 1.54) is 6.07 Å². The molecular formula is C13H21FN2. The molecule has 0 aliphatic rings. The molecule has 0 saturated carbocycles. The third-order valence-electron chi connectivity index (χ3n) is 2.87. The molecule has 16 heavy (non-hydrogen) atoms. The van der Waals surface area contributed by atoms with E-state index in [1.807, 2.05) is 6.07 Å². The Morgan fingerprint density at radius 2 is 2.06 bits per heavy atom. The zero-order chi connectivity index (χ0) is 12.1. The minimum absolute atomic E-state index is 0.258. The largest absolute Gasteiger partial charge is 0.399 e. The molecule has 0 heterocycles. The highest BCUT2D eigenvalue weighted by Gasteiger charge is 2.09. The average Bonchev–Trinajstić information content (AvgIpc) is 2.16. The quantitative estimate of drug-likeness (QED) is 0.779. The lowest BCUT2D eigenvalue weighted by molar-refractivity contribution is 0.236. The summed E-state index contributed by atoms with van der Waals surface area (Å²) in [6.07, 6.45) is 2.32. The van der Waals surface area contributed by atoms with E-state index in [0.717, 1.165) is 24.9 Å². The van der Waals surface area contributed by atoms with Crippen LogP contribution in [0.15, 0.2) is 18.2 Å². The van der Waals surface area contributed by atoms with E-state index in [2.05, 4.69) is 25.8 Å². The maximum Gasteiger partial charge on any atom is 0.125 e. The van der Waals surface area contributed by atoms with Gasteiger partial charge in [-0.3, -0.25) is 4.90 Å². The van der Waals surface area contributed by atoms with Crippen molar-refractivity contribution in [3.05, 3.63) is 29.6 Å². The van der Waals surface area contributed by atoms with Gasteiger partial charge in [0.1, 0.15) is 5.82 Å². The molecule has 0 aliphatic heterocycles. The van der Waals surface area contributed by atoms with Gasteiger partial charge in [-0.15, -0.1) is 0 Å². The lowest BCUT2D eigenvalue weighted by atomic mass is 10.1. The maximum atomic E-state index is 13.1. The van der Waals surface area contributed by atoms with Gasteiger partial charge in [0.15, 0.2) is 0 Å². The first kappa shape index (κ1) is 13.0. The number of halogens is 1. The molecule has 1 aromatic carbocycles. The number of rotatable bonds is 5. The van der Waals surface area contributed by atoms with Gasteiger partial charge < -0.3 is 5.73 Å². The number of nitrogens with two attached hydrogens (primary N) is 1. The van der Waals surface area contributed by atoms with E-state index in [-0.39, 0.29) is 5.82 Å². The molecule has 2 N–H and O–H groups in total. The molecule has 0 fully saturated rings. The maximum absolute atomic E-state index is 13.1. The number of hydrogen-bond donors (Lipinski definition) is 1. The Morgan fingerprint density at radius 1 is 1.38 bits per heavy atom. The first-order valence-electron chi connectivity index (χ1n) is 5.78. The zero-order valence-corrected chi connectivity index (χ0v) is 10.3. The third kappa shape index (κ3) is 3.81. The predicted molar refractivity (Wildman–Crippen MR) is 66.6 cm³/mol. The van der Waals surface area contributed by atoms with Crippen LogP contribution in [0.3, 0.4) is 0 Å². The summed E-state index contributed by atoms with van der Waals surface area (Å²) in [4.78, 5) is 2.22. The highest BCUT2D eigenvalue weighted by Crippen LogP contribution is 2.14. The number of hydrogen-bond acceptors (Lipinski definition) is 2. The van der Waals surface area contributed by atoms with Crippen molar-refractivity contribution < 1.29 is 4.39 Å². The molecule has 0 saturated heterocycles. The molecule has 1 unspecified atom stereocenters. The summed E-state index contributed by atoms with van der Waals surface area (Å²) >= 11 is 0. The van der Waals surface area contributed by atoms with Gasteiger partial charge in [0.05, 0.1) is 0 Å². The van der Waals surface area contributed by atoms with Gasteiger partial charge in [-0.2, -0.15) is 0 Å². The summed E-state index contributed by atoms with van der Waals surface area (Å²) < 4.78 is 13.1. The van der Waals surface area contributed by atoms with Crippen LogP contribution in [-0.2, 0) is 6.54 Å². The molecule has 90 valence electrons. The topological polar surface area (TPSA) is 29.3 Å². The van der Waals surface area contributed by atoms with Crippen LogP contribution < -0.4 is 5.73 Å². The zero-order valence-electron chi connectivity index (χ0n) is 10.3. The van der Waals surface area contributed by atoms with E-state index in [1.54, 1.807) is 6.07 Å². The molecular weight excluding hydrogens is 203 g/mol. The second kappa shape index (κ2) is 5.85. The Kier molecular flexibility index (Phi) is 4.74. The fourth-order valence-corrected chi connectivity index (χ4v) is 1.85. The van der Waals surface area contributed by atoms with Crippen LogP contribution >= 0.6 is 0 Å². The fraction of sp³-hybridized carbons (Fsp3) is 0.538. The molecule has 3 heteroatoms. The van der Waals surface area contributed by atoms with E-state index >= 15 is 0 Å². The molecule has 0 bridgehead atoms. The van der Waals surface area contributed by atoms with Gasteiger partial charge in [-0.25, -0.2) is 4.39 Å². The second-order valence-corrected chi connectivity index (χ2v) is 4.45. The Hall–Kier alpha value is -1.09. The second-order valence-electron chi connectivity index (χ2n) is 4.45. The Balaban J connectivity index is 2.65. The monoisotopic (exact) mass is 224 g/mol. The highest BCUT2D eigenvalue weighted by atomic mass is 19.1. The molecule has 2 nitrogen and oxygen atoms in total. The van der Waals surface area contributed by atoms with E-state index < -0.39 is 0 Å². The minimum Gasteiger partial charge on any atom is -0.399 e. The third-order valence-corrected chi connectivity index (χ3v) is 2.87. The van der Waals surface area contributed by atoms with Crippen LogP contribution in [0.25, 0.3) is 0 Å². The number of benzene rings is 1. The summed E-state index contributed by atoms with van der Waals surface area (Å²) in [6, 6.07) is 5.23. The van der Waals surface area contributed by atoms with Crippen molar-refractivity contribution in [2.24, 2.45) is 0 Å². The SMILES string of the molecule is CCCC(C)N(C)Cc1cc(N)cc(F)c1. The molecule has 1 rings (SSSR count). The number of nitrogen functional groups attached to an aromatic ring is 1. The van der Waals surface area contributed by atoms with Crippen LogP contribution in [0.4, 0.5) is 10.1 Å². The van der Waals surface area contributed by atoms with Gasteiger partial charge in [0.2, 0.25) is 0 Å². The summed E-state index contributed by atoms with van der Waals surface area (Å²) in [6.45, 7) is 5.10. The van der Waals surface area contributed by atoms with E-state index in [9.17, 15) is 4.39 Å². The van der Waals surface area contributed by atoms with Crippen molar-refractivity contribution in [1.82, 2.24) is 4.90 Å². The smallest absolute Gasteiger partial charge is 0.125 e. The normalized spacial score (nSPS) is 13.1. The first-order chi connectivity index (χ1) is 7.52. The Morgan fingerprint density at radius 3 is 2.62 bits per heavy atom. The Labute approximate surface area is 97.3 Å². The highest BCUT2D eigenvalue weighted by molar-refractivity contribution is 5.41. The number of anilines is 1. The summed E-state index contributed by atoms with van der Waals surface area (Å²) in [5, 5.41) is 0. The van der Waals surface area contributed by atoms with Gasteiger partial charge in [0.25, 0.3) is 0 Å². The first-order valence-corrected chi connectivity index (χ1v) is 5.78. The van der Waals surface area contributed by atoms with Crippen molar-refractivity contribution >= 4 is 5.69 Å². The van der Waals surface area contributed by atoms with Crippen molar-refractivity contribution in [1.29, 1.82) is 0 Å². The molecule has 0 radical (unpaired) electrons. The van der Waals surface area contributed by atoms with Crippen molar-refractivity contribution in [2.75, 3.05) is 12.8 Å². The summed E-state index contributed by atoms with van der Waals surface area (Å²) in [5.41, 5.74) is 7.04. The van der Waals surface area contributed by atoms with Crippen molar-refractivity contribution in [3.63, 3.8) is 0 Å². The predicted octanol–water partition coefficient (Wildman–Crippen LogP) is 3.03. The Bertz CT molecular complexity index is 318. The standard InChI is InChI=1S/C13H21FN2/c1-4-5-10(2)16(3)9-11-6-12(14)8-13(15)7-11/h6-8,10H,4-5,9,15H2,1-3H3. The van der Waals surface area contributed by atoms with E-state index in [4.69, 9.17) is 5.73 Å². The molecule has 0 aliphatic carbocycles. The molecule has 1 aromatic rings. The lowest BCUT2D eigenvalue weighted by Gasteiger charge is -2.24. The van der Waals surface area contributed by atoms with Gasteiger partial charge in [-0.1, -0.05) is 13.3 Å². The van der Waals surface area contributed by atoms with E-state index in [0.29, 0.717) is 11.7 Å². The minimum atomic E-state index is -0.258. The molecule has 0 aromatic heterocycles. The van der Waals surface area contributed by atoms with Crippen LogP contribution in [0.5, 0.6) is 0 Å². The molecule has 0 amide bonds.